The fourth-order valence-corrected chi connectivity index (χ4v) is 3.73. The number of aliphatic hydroxyl groups excluding tert-OH is 1. The summed E-state index contributed by atoms with van der Waals surface area (Å²) in [5.74, 6) is 1.69. The summed E-state index contributed by atoms with van der Waals surface area (Å²) in [4.78, 5) is 2.41. The van der Waals surface area contributed by atoms with Crippen molar-refractivity contribution in [3.8, 4) is 0 Å². The second kappa shape index (κ2) is 5.25. The van der Waals surface area contributed by atoms with Gasteiger partial charge in [0.15, 0.2) is 0 Å². The number of rotatable bonds is 4. The smallest absolute Gasteiger partial charge is 0.0551 e. The molecule has 2 rings (SSSR count). The monoisotopic (exact) mass is 241 g/mol. The summed E-state index contributed by atoms with van der Waals surface area (Å²) >= 11 is 0. The first kappa shape index (κ1) is 13.3. The fourth-order valence-electron chi connectivity index (χ4n) is 3.73. The number of nitrogens with zero attached hydrogens (tertiary/aromatic N) is 1. The lowest BCUT2D eigenvalue weighted by atomic mass is 9.59. The van der Waals surface area contributed by atoms with Crippen LogP contribution >= 0.6 is 0 Å². The van der Waals surface area contributed by atoms with Gasteiger partial charge in [-0.2, -0.15) is 0 Å². The Balaban J connectivity index is 2.08. The Bertz CT molecular complexity index is 243. The van der Waals surface area contributed by atoms with Crippen LogP contribution in [0.1, 0.15) is 26.7 Å². The average Bonchev–Trinajstić information content (AvgIpc) is 2.24. The number of aliphatic hydroxyl groups is 1. The summed E-state index contributed by atoms with van der Waals surface area (Å²) in [6.45, 7) is 8.90. The van der Waals surface area contributed by atoms with Gasteiger partial charge in [0, 0.05) is 12.0 Å². The summed E-state index contributed by atoms with van der Waals surface area (Å²) in [5.41, 5.74) is 0.268. The highest BCUT2D eigenvalue weighted by Gasteiger charge is 2.51. The normalized spacial score (nSPS) is 28.1. The van der Waals surface area contributed by atoms with Gasteiger partial charge in [-0.15, -0.1) is 0 Å². The van der Waals surface area contributed by atoms with Gasteiger partial charge in [-0.25, -0.2) is 0 Å². The Morgan fingerprint density at radius 3 is 2.24 bits per heavy atom. The highest BCUT2D eigenvalue weighted by Crippen LogP contribution is 2.49. The van der Waals surface area contributed by atoms with E-state index in [-0.39, 0.29) is 5.41 Å². The molecule has 2 aliphatic heterocycles. The molecule has 2 heterocycles. The second-order valence-electron chi connectivity index (χ2n) is 6.34. The Hall–Kier alpha value is -0.120. The quantitative estimate of drug-likeness (QED) is 0.811. The van der Waals surface area contributed by atoms with Gasteiger partial charge in [0.05, 0.1) is 13.2 Å². The van der Waals surface area contributed by atoms with Gasteiger partial charge in [0.1, 0.15) is 0 Å². The molecule has 0 aromatic heterocycles. The Morgan fingerprint density at radius 1 is 1.29 bits per heavy atom. The van der Waals surface area contributed by atoms with Crippen LogP contribution in [0, 0.1) is 23.2 Å². The predicted molar refractivity (Wildman–Crippen MR) is 68.9 cm³/mol. The third-order valence-electron chi connectivity index (χ3n) is 5.01. The highest BCUT2D eigenvalue weighted by atomic mass is 16.5. The Morgan fingerprint density at radius 2 is 1.88 bits per heavy atom. The maximum absolute atomic E-state index is 9.71. The van der Waals surface area contributed by atoms with E-state index in [0.717, 1.165) is 19.1 Å². The Kier molecular flexibility index (Phi) is 4.11. The maximum atomic E-state index is 9.71. The van der Waals surface area contributed by atoms with Gasteiger partial charge >= 0.3 is 0 Å². The third kappa shape index (κ3) is 2.38. The van der Waals surface area contributed by atoms with E-state index in [1.54, 1.807) is 0 Å². The van der Waals surface area contributed by atoms with Crippen LogP contribution in [0.25, 0.3) is 0 Å². The molecule has 0 aromatic carbocycles. The minimum Gasteiger partial charge on any atom is -0.396 e. The van der Waals surface area contributed by atoms with Crippen molar-refractivity contribution in [3.05, 3.63) is 0 Å². The number of piperidine rings is 1. The van der Waals surface area contributed by atoms with Gasteiger partial charge in [0.2, 0.25) is 0 Å². The first-order valence-corrected chi connectivity index (χ1v) is 6.97. The molecule has 17 heavy (non-hydrogen) atoms. The molecule has 0 amide bonds. The lowest BCUT2D eigenvalue weighted by molar-refractivity contribution is -0.202. The van der Waals surface area contributed by atoms with Gasteiger partial charge in [-0.05, 0) is 50.7 Å². The molecule has 100 valence electrons. The molecular weight excluding hydrogens is 214 g/mol. The Labute approximate surface area is 105 Å². The molecule has 3 heteroatoms. The number of hydrogen-bond acceptors (Lipinski definition) is 3. The van der Waals surface area contributed by atoms with E-state index in [4.69, 9.17) is 4.74 Å². The average molecular weight is 241 g/mol. The van der Waals surface area contributed by atoms with Crippen molar-refractivity contribution in [1.29, 1.82) is 0 Å². The van der Waals surface area contributed by atoms with E-state index >= 15 is 0 Å². The molecule has 0 aliphatic carbocycles. The summed E-state index contributed by atoms with van der Waals surface area (Å²) < 4.78 is 5.53. The molecule has 2 aliphatic rings. The largest absolute Gasteiger partial charge is 0.396 e. The predicted octanol–water partition coefficient (Wildman–Crippen LogP) is 1.61. The van der Waals surface area contributed by atoms with E-state index in [0.29, 0.717) is 18.4 Å². The minimum atomic E-state index is 0.268. The third-order valence-corrected chi connectivity index (χ3v) is 5.01. The van der Waals surface area contributed by atoms with Crippen LogP contribution in [0.2, 0.25) is 0 Å². The second-order valence-corrected chi connectivity index (χ2v) is 6.34. The topological polar surface area (TPSA) is 32.7 Å². The molecule has 0 bridgehead atoms. The van der Waals surface area contributed by atoms with Crippen molar-refractivity contribution >= 4 is 0 Å². The van der Waals surface area contributed by atoms with Crippen molar-refractivity contribution < 1.29 is 9.84 Å². The first-order valence-electron chi connectivity index (χ1n) is 6.97. The van der Waals surface area contributed by atoms with Crippen LogP contribution in [0.15, 0.2) is 0 Å². The molecule has 0 saturated carbocycles. The molecule has 3 nitrogen and oxygen atoms in total. The van der Waals surface area contributed by atoms with E-state index in [1.807, 2.05) is 0 Å². The minimum absolute atomic E-state index is 0.268. The number of likely N-dealkylation sites (tertiary alicyclic amines) is 1. The van der Waals surface area contributed by atoms with Crippen LogP contribution < -0.4 is 0 Å². The summed E-state index contributed by atoms with van der Waals surface area (Å²) in [5, 5.41) is 9.71. The van der Waals surface area contributed by atoms with Crippen LogP contribution in [-0.2, 0) is 4.74 Å². The van der Waals surface area contributed by atoms with E-state index in [9.17, 15) is 5.11 Å². The van der Waals surface area contributed by atoms with Gasteiger partial charge < -0.3 is 14.7 Å². The van der Waals surface area contributed by atoms with Crippen LogP contribution in [-0.4, -0.2) is 50.0 Å². The zero-order valence-corrected chi connectivity index (χ0v) is 11.5. The standard InChI is InChI=1S/C14H27NO2/c1-11(2)13(8-16)14(9-17-10-14)12-4-6-15(3)7-5-12/h11-13,16H,4-10H2,1-3H3. The van der Waals surface area contributed by atoms with Gasteiger partial charge in [0.25, 0.3) is 0 Å². The van der Waals surface area contributed by atoms with E-state index in [1.165, 1.54) is 25.9 Å². The molecule has 2 fully saturated rings. The van der Waals surface area contributed by atoms with E-state index in [2.05, 4.69) is 25.8 Å². The lowest BCUT2D eigenvalue weighted by Gasteiger charge is -2.54. The zero-order chi connectivity index (χ0) is 12.5. The highest BCUT2D eigenvalue weighted by molar-refractivity contribution is 4.99. The van der Waals surface area contributed by atoms with Crippen molar-refractivity contribution in [1.82, 2.24) is 4.90 Å². The SMILES string of the molecule is CC(C)C(CO)C1(C2CCN(C)CC2)COC1. The molecule has 1 N–H and O–H groups in total. The molecule has 1 atom stereocenters. The zero-order valence-electron chi connectivity index (χ0n) is 11.5. The maximum Gasteiger partial charge on any atom is 0.0551 e. The summed E-state index contributed by atoms with van der Waals surface area (Å²) in [7, 11) is 2.20. The molecular formula is C14H27NO2. The first-order chi connectivity index (χ1) is 8.10. The molecule has 0 radical (unpaired) electrons. The van der Waals surface area contributed by atoms with Crippen molar-refractivity contribution in [2.45, 2.75) is 26.7 Å². The van der Waals surface area contributed by atoms with Crippen molar-refractivity contribution in [3.63, 3.8) is 0 Å². The lowest BCUT2D eigenvalue weighted by Crippen LogP contribution is -2.57. The number of ether oxygens (including phenoxy) is 1. The molecule has 0 spiro atoms. The van der Waals surface area contributed by atoms with Crippen LogP contribution in [0.3, 0.4) is 0 Å². The van der Waals surface area contributed by atoms with E-state index < -0.39 is 0 Å². The van der Waals surface area contributed by atoms with Crippen LogP contribution in [0.5, 0.6) is 0 Å². The molecule has 1 unspecified atom stereocenters. The van der Waals surface area contributed by atoms with Crippen molar-refractivity contribution in [2.24, 2.45) is 23.2 Å². The fraction of sp³-hybridized carbons (Fsp3) is 1.00. The van der Waals surface area contributed by atoms with Gasteiger partial charge in [-0.1, -0.05) is 13.8 Å². The van der Waals surface area contributed by atoms with Crippen LogP contribution in [0.4, 0.5) is 0 Å². The summed E-state index contributed by atoms with van der Waals surface area (Å²) in [6.07, 6.45) is 2.53. The summed E-state index contributed by atoms with van der Waals surface area (Å²) in [6, 6.07) is 0. The molecule has 0 aromatic rings. The number of hydrogen-bond donors (Lipinski definition) is 1. The van der Waals surface area contributed by atoms with Crippen molar-refractivity contribution in [2.75, 3.05) is 40.0 Å². The molecule has 2 saturated heterocycles. The van der Waals surface area contributed by atoms with Gasteiger partial charge in [-0.3, -0.25) is 0 Å².